The fourth-order valence-corrected chi connectivity index (χ4v) is 3.32. The molecule has 0 saturated heterocycles. The van der Waals surface area contributed by atoms with E-state index in [1.807, 2.05) is 73.1 Å². The molecule has 2 aromatic carbocycles. The smallest absolute Gasteiger partial charge is 0.277 e. The van der Waals surface area contributed by atoms with E-state index in [1.54, 1.807) is 13.2 Å². The van der Waals surface area contributed by atoms with Crippen molar-refractivity contribution in [2.45, 2.75) is 20.4 Å². The summed E-state index contributed by atoms with van der Waals surface area (Å²) in [6.45, 7) is 4.43. The van der Waals surface area contributed by atoms with E-state index in [0.717, 1.165) is 22.5 Å². The van der Waals surface area contributed by atoms with Gasteiger partial charge in [-0.25, -0.2) is 0 Å². The van der Waals surface area contributed by atoms with Crippen molar-refractivity contribution in [3.05, 3.63) is 83.3 Å². The van der Waals surface area contributed by atoms with E-state index in [9.17, 15) is 4.79 Å². The van der Waals surface area contributed by atoms with Gasteiger partial charge in [-0.1, -0.05) is 47.6 Å². The monoisotopic (exact) mass is 402 g/mol. The van der Waals surface area contributed by atoms with Crippen molar-refractivity contribution < 1.29 is 14.1 Å². The molecule has 2 aromatic heterocycles. The summed E-state index contributed by atoms with van der Waals surface area (Å²) >= 11 is 0. The first-order valence-corrected chi connectivity index (χ1v) is 9.56. The molecule has 0 bridgehead atoms. The van der Waals surface area contributed by atoms with Crippen LogP contribution in [0.2, 0.25) is 0 Å². The molecule has 30 heavy (non-hydrogen) atoms. The molecule has 152 valence electrons. The van der Waals surface area contributed by atoms with E-state index >= 15 is 0 Å². The number of aromatic nitrogens is 3. The Morgan fingerprint density at radius 3 is 2.60 bits per heavy atom. The predicted molar refractivity (Wildman–Crippen MR) is 114 cm³/mol. The quantitative estimate of drug-likeness (QED) is 0.515. The Balaban J connectivity index is 1.54. The van der Waals surface area contributed by atoms with E-state index in [1.165, 1.54) is 0 Å². The number of ether oxygens (including phenoxy) is 1. The van der Waals surface area contributed by atoms with Gasteiger partial charge in [-0.05, 0) is 31.5 Å². The lowest BCUT2D eigenvalue weighted by molar-refractivity contribution is 0.101. The van der Waals surface area contributed by atoms with Crippen molar-refractivity contribution in [1.29, 1.82) is 0 Å². The average molecular weight is 402 g/mol. The summed E-state index contributed by atoms with van der Waals surface area (Å²) in [5, 5.41) is 11.4. The number of methoxy groups -OCH3 is 1. The second kappa shape index (κ2) is 8.24. The highest BCUT2D eigenvalue weighted by Gasteiger charge is 2.19. The van der Waals surface area contributed by atoms with E-state index in [4.69, 9.17) is 9.26 Å². The minimum Gasteiger partial charge on any atom is -0.496 e. The molecular formula is C23H22N4O3. The number of hydrogen-bond acceptors (Lipinski definition) is 5. The number of amides is 1. The van der Waals surface area contributed by atoms with Crippen LogP contribution in [0.1, 0.15) is 27.4 Å². The Morgan fingerprint density at radius 1 is 1.10 bits per heavy atom. The number of carbonyl (C=O) groups excluding carboxylic acids is 1. The van der Waals surface area contributed by atoms with Gasteiger partial charge in [0.1, 0.15) is 5.75 Å². The summed E-state index contributed by atoms with van der Waals surface area (Å²) in [6.07, 6.45) is 0. The molecule has 7 nitrogen and oxygen atoms in total. The van der Waals surface area contributed by atoms with Crippen LogP contribution in [0.15, 0.2) is 65.2 Å². The zero-order chi connectivity index (χ0) is 21.1. The van der Waals surface area contributed by atoms with Crippen LogP contribution < -0.4 is 10.1 Å². The number of rotatable bonds is 6. The van der Waals surface area contributed by atoms with Gasteiger partial charge in [0.15, 0.2) is 11.5 Å². The molecule has 2 heterocycles. The first-order chi connectivity index (χ1) is 14.6. The summed E-state index contributed by atoms with van der Waals surface area (Å²) in [4.78, 5) is 12.8. The molecule has 0 spiro atoms. The Morgan fingerprint density at radius 2 is 1.83 bits per heavy atom. The van der Waals surface area contributed by atoms with Crippen molar-refractivity contribution in [1.82, 2.24) is 14.9 Å². The third-order valence-corrected chi connectivity index (χ3v) is 4.91. The maximum Gasteiger partial charge on any atom is 0.277 e. The van der Waals surface area contributed by atoms with E-state index in [0.29, 0.717) is 23.7 Å². The molecule has 0 aliphatic heterocycles. The number of nitrogens with zero attached hydrogens (tertiary/aromatic N) is 3. The van der Waals surface area contributed by atoms with Gasteiger partial charge in [0.25, 0.3) is 5.91 Å². The highest BCUT2D eigenvalue weighted by atomic mass is 16.5. The fourth-order valence-electron chi connectivity index (χ4n) is 3.32. The van der Waals surface area contributed by atoms with Crippen LogP contribution in [0.25, 0.3) is 11.3 Å². The Hall–Kier alpha value is -3.87. The van der Waals surface area contributed by atoms with Crippen LogP contribution in [0.5, 0.6) is 5.75 Å². The lowest BCUT2D eigenvalue weighted by Gasteiger charge is -2.06. The third-order valence-electron chi connectivity index (χ3n) is 4.91. The highest BCUT2D eigenvalue weighted by molar-refractivity contribution is 6.04. The van der Waals surface area contributed by atoms with E-state index in [2.05, 4.69) is 15.6 Å². The Kier molecular flexibility index (Phi) is 5.34. The molecule has 0 unspecified atom stereocenters. The second-order valence-corrected chi connectivity index (χ2v) is 6.92. The van der Waals surface area contributed by atoms with Crippen molar-refractivity contribution in [3.8, 4) is 17.1 Å². The van der Waals surface area contributed by atoms with Gasteiger partial charge in [0, 0.05) is 6.07 Å². The largest absolute Gasteiger partial charge is 0.496 e. The molecule has 0 fully saturated rings. The van der Waals surface area contributed by atoms with Crippen LogP contribution in [0.4, 0.5) is 5.69 Å². The molecule has 1 N–H and O–H groups in total. The molecule has 4 aromatic rings. The summed E-state index contributed by atoms with van der Waals surface area (Å²) in [5.41, 5.74) is 4.35. The maximum atomic E-state index is 12.8. The SMILES string of the molecule is COc1ccccc1-c1cc(C(=O)Nc2c(C)nn(Cc3ccccc3)c2C)no1. The van der Waals surface area contributed by atoms with Crippen LogP contribution in [-0.4, -0.2) is 28.0 Å². The minimum absolute atomic E-state index is 0.186. The molecular weight excluding hydrogens is 380 g/mol. The van der Waals surface area contributed by atoms with Crippen LogP contribution in [0.3, 0.4) is 0 Å². The molecule has 0 aliphatic rings. The molecule has 0 aliphatic carbocycles. The van der Waals surface area contributed by atoms with Crippen LogP contribution in [0, 0.1) is 13.8 Å². The minimum atomic E-state index is -0.356. The molecule has 0 atom stereocenters. The Labute approximate surface area is 174 Å². The van der Waals surface area contributed by atoms with Gasteiger partial charge in [-0.2, -0.15) is 5.10 Å². The molecule has 7 heteroatoms. The molecule has 0 saturated carbocycles. The van der Waals surface area contributed by atoms with Crippen molar-refractivity contribution in [2.24, 2.45) is 0 Å². The van der Waals surface area contributed by atoms with Gasteiger partial charge in [0.2, 0.25) is 0 Å². The number of nitrogens with one attached hydrogen (secondary N) is 1. The highest BCUT2D eigenvalue weighted by Crippen LogP contribution is 2.30. The maximum absolute atomic E-state index is 12.8. The van der Waals surface area contributed by atoms with E-state index in [-0.39, 0.29) is 11.6 Å². The predicted octanol–water partition coefficient (Wildman–Crippen LogP) is 4.46. The second-order valence-electron chi connectivity index (χ2n) is 6.92. The molecule has 0 radical (unpaired) electrons. The van der Waals surface area contributed by atoms with Gasteiger partial charge in [-0.3, -0.25) is 9.48 Å². The van der Waals surface area contributed by atoms with Crippen molar-refractivity contribution in [2.75, 3.05) is 12.4 Å². The first kappa shape index (κ1) is 19.4. The summed E-state index contributed by atoms with van der Waals surface area (Å²) in [5.74, 6) is 0.755. The zero-order valence-corrected chi connectivity index (χ0v) is 17.0. The number of anilines is 1. The lowest BCUT2D eigenvalue weighted by Crippen LogP contribution is -2.13. The average Bonchev–Trinajstić information content (AvgIpc) is 3.36. The topological polar surface area (TPSA) is 82.2 Å². The third kappa shape index (κ3) is 3.82. The molecule has 1 amide bonds. The zero-order valence-electron chi connectivity index (χ0n) is 17.0. The van der Waals surface area contributed by atoms with E-state index < -0.39 is 0 Å². The van der Waals surface area contributed by atoms with Gasteiger partial charge in [-0.15, -0.1) is 0 Å². The van der Waals surface area contributed by atoms with Crippen molar-refractivity contribution >= 4 is 11.6 Å². The lowest BCUT2D eigenvalue weighted by atomic mass is 10.1. The number of hydrogen-bond donors (Lipinski definition) is 1. The van der Waals surface area contributed by atoms with Crippen molar-refractivity contribution in [3.63, 3.8) is 0 Å². The van der Waals surface area contributed by atoms with Gasteiger partial charge in [0.05, 0.1) is 36.3 Å². The van der Waals surface area contributed by atoms with Gasteiger partial charge >= 0.3 is 0 Å². The Bertz CT molecular complexity index is 1180. The summed E-state index contributed by atoms with van der Waals surface area (Å²) in [6, 6.07) is 19.1. The van der Waals surface area contributed by atoms with Gasteiger partial charge < -0.3 is 14.6 Å². The standard InChI is InChI=1S/C23H22N4O3/c1-15-22(16(2)27(25-15)14-17-9-5-4-6-10-17)24-23(28)19-13-21(30-26-19)18-11-7-8-12-20(18)29-3/h4-13H,14H2,1-3H3,(H,24,28). The van der Waals surface area contributed by atoms with Crippen LogP contribution in [-0.2, 0) is 6.54 Å². The van der Waals surface area contributed by atoms with Crippen LogP contribution >= 0.6 is 0 Å². The molecule has 4 rings (SSSR count). The number of para-hydroxylation sites is 1. The fraction of sp³-hybridized carbons (Fsp3) is 0.174. The first-order valence-electron chi connectivity index (χ1n) is 9.56. The number of aryl methyl sites for hydroxylation is 1. The number of benzene rings is 2. The normalized spacial score (nSPS) is 10.8. The summed E-state index contributed by atoms with van der Waals surface area (Å²) in [7, 11) is 1.58. The number of carbonyl (C=O) groups is 1. The summed E-state index contributed by atoms with van der Waals surface area (Å²) < 4.78 is 12.6.